The van der Waals surface area contributed by atoms with Crippen LogP contribution >= 0.6 is 12.4 Å². The molecule has 0 aliphatic carbocycles. The molecule has 0 bridgehead atoms. The van der Waals surface area contributed by atoms with Crippen LogP contribution in [0.4, 0.5) is 5.69 Å². The lowest BCUT2D eigenvalue weighted by Gasteiger charge is -2.31. The zero-order chi connectivity index (χ0) is 16.9. The van der Waals surface area contributed by atoms with Crippen LogP contribution in [-0.2, 0) is 19.6 Å². The van der Waals surface area contributed by atoms with Gasteiger partial charge in [0.05, 0.1) is 4.90 Å². The zero-order valence-electron chi connectivity index (χ0n) is 13.6. The highest BCUT2D eigenvalue weighted by Crippen LogP contribution is 2.21. The molecule has 1 saturated heterocycles. The van der Waals surface area contributed by atoms with Crippen molar-refractivity contribution in [3.8, 4) is 0 Å². The molecule has 4 N–H and O–H groups in total. The lowest BCUT2D eigenvalue weighted by molar-refractivity contribution is -0.124. The smallest absolute Gasteiger partial charge is 0.244 e. The largest absolute Gasteiger partial charge is 0.381 e. The van der Waals surface area contributed by atoms with Crippen LogP contribution in [-0.4, -0.2) is 39.6 Å². The van der Waals surface area contributed by atoms with E-state index in [4.69, 9.17) is 10.5 Å². The molecule has 1 aliphatic rings. The van der Waals surface area contributed by atoms with Crippen LogP contribution in [0.3, 0.4) is 0 Å². The lowest BCUT2D eigenvalue weighted by atomic mass is 9.90. The summed E-state index contributed by atoms with van der Waals surface area (Å²) in [5, 5.41) is 2.74. The molecule has 9 heteroatoms. The van der Waals surface area contributed by atoms with Gasteiger partial charge < -0.3 is 15.8 Å². The van der Waals surface area contributed by atoms with Crippen molar-refractivity contribution in [2.75, 3.05) is 25.1 Å². The van der Waals surface area contributed by atoms with Crippen molar-refractivity contribution in [1.29, 1.82) is 0 Å². The first-order valence-corrected chi connectivity index (χ1v) is 9.13. The molecule has 1 aromatic rings. The van der Waals surface area contributed by atoms with E-state index in [-0.39, 0.29) is 23.2 Å². The number of carbonyl (C=O) groups is 1. The predicted octanol–water partition coefficient (Wildman–Crippen LogP) is 1.24. The highest BCUT2D eigenvalue weighted by atomic mass is 35.5. The van der Waals surface area contributed by atoms with Crippen LogP contribution in [0.5, 0.6) is 0 Å². The van der Waals surface area contributed by atoms with Crippen molar-refractivity contribution in [3.05, 3.63) is 24.3 Å². The van der Waals surface area contributed by atoms with Gasteiger partial charge in [0.2, 0.25) is 15.9 Å². The number of sulfonamides is 1. The van der Waals surface area contributed by atoms with Crippen molar-refractivity contribution in [2.24, 2.45) is 5.73 Å². The minimum absolute atomic E-state index is 0. The maximum absolute atomic E-state index is 12.3. The van der Waals surface area contributed by atoms with E-state index in [1.807, 2.05) is 6.92 Å². The number of benzene rings is 1. The Hall–Kier alpha value is -1.19. The van der Waals surface area contributed by atoms with Gasteiger partial charge in [-0.3, -0.25) is 4.79 Å². The summed E-state index contributed by atoms with van der Waals surface area (Å²) in [6.07, 6.45) is 1.65. The van der Waals surface area contributed by atoms with E-state index >= 15 is 0 Å². The van der Waals surface area contributed by atoms with E-state index < -0.39 is 15.6 Å². The number of rotatable bonds is 6. The van der Waals surface area contributed by atoms with E-state index in [1.54, 1.807) is 12.1 Å². The summed E-state index contributed by atoms with van der Waals surface area (Å²) in [5.41, 5.74) is 5.68. The van der Waals surface area contributed by atoms with Crippen molar-refractivity contribution in [2.45, 2.75) is 36.6 Å². The third kappa shape index (κ3) is 5.15. The van der Waals surface area contributed by atoms with Crippen molar-refractivity contribution < 1.29 is 17.9 Å². The minimum atomic E-state index is -3.50. The topological polar surface area (TPSA) is 111 Å². The Labute approximate surface area is 148 Å². The standard InChI is InChI=1S/C15H23N3O4S.ClH/c1-2-9-17-23(20,21)13-5-3-12(4-6-13)18-14(19)15(16)7-10-22-11-8-15;/h3-6,17H,2,7-11,16H2,1H3,(H,18,19);1H. The van der Waals surface area contributed by atoms with E-state index in [2.05, 4.69) is 10.0 Å². The monoisotopic (exact) mass is 377 g/mol. The van der Waals surface area contributed by atoms with Gasteiger partial charge in [0.25, 0.3) is 0 Å². The summed E-state index contributed by atoms with van der Waals surface area (Å²) in [6.45, 7) is 3.20. The highest BCUT2D eigenvalue weighted by Gasteiger charge is 2.35. The number of amides is 1. The first-order chi connectivity index (χ1) is 10.9. The third-order valence-electron chi connectivity index (χ3n) is 3.80. The number of ether oxygens (including phenoxy) is 1. The number of anilines is 1. The molecule has 1 heterocycles. The molecule has 1 amide bonds. The van der Waals surface area contributed by atoms with Gasteiger partial charge in [0.1, 0.15) is 5.54 Å². The van der Waals surface area contributed by atoms with Crippen LogP contribution in [0.2, 0.25) is 0 Å². The Morgan fingerprint density at radius 1 is 1.25 bits per heavy atom. The zero-order valence-corrected chi connectivity index (χ0v) is 15.2. The number of nitrogens with two attached hydrogens (primary N) is 1. The van der Waals surface area contributed by atoms with Crippen LogP contribution in [0.15, 0.2) is 29.2 Å². The Bertz CT molecular complexity index is 643. The van der Waals surface area contributed by atoms with Crippen LogP contribution < -0.4 is 15.8 Å². The van der Waals surface area contributed by atoms with E-state index in [1.165, 1.54) is 12.1 Å². The quantitative estimate of drug-likeness (QED) is 0.690. The van der Waals surface area contributed by atoms with E-state index in [0.717, 1.165) is 6.42 Å². The van der Waals surface area contributed by atoms with Crippen LogP contribution in [0.1, 0.15) is 26.2 Å². The van der Waals surface area contributed by atoms with Gasteiger partial charge in [0.15, 0.2) is 0 Å². The summed E-state index contributed by atoms with van der Waals surface area (Å²) in [4.78, 5) is 12.5. The fraction of sp³-hybridized carbons (Fsp3) is 0.533. The molecule has 0 spiro atoms. The minimum Gasteiger partial charge on any atom is -0.381 e. The molecule has 0 aromatic heterocycles. The number of carbonyl (C=O) groups excluding carboxylic acids is 1. The molecule has 7 nitrogen and oxygen atoms in total. The Morgan fingerprint density at radius 3 is 2.38 bits per heavy atom. The molecule has 1 aliphatic heterocycles. The van der Waals surface area contributed by atoms with Crippen molar-refractivity contribution in [3.63, 3.8) is 0 Å². The fourth-order valence-electron chi connectivity index (χ4n) is 2.26. The molecule has 0 saturated carbocycles. The van der Waals surface area contributed by atoms with Gasteiger partial charge in [-0.25, -0.2) is 13.1 Å². The SMILES string of the molecule is CCCNS(=O)(=O)c1ccc(NC(=O)C2(N)CCOCC2)cc1.Cl. The van der Waals surface area contributed by atoms with Crippen molar-refractivity contribution >= 4 is 34.0 Å². The summed E-state index contributed by atoms with van der Waals surface area (Å²) < 4.78 is 31.7. The summed E-state index contributed by atoms with van der Waals surface area (Å²) in [5.74, 6) is -0.277. The second kappa shape index (κ2) is 8.77. The second-order valence-electron chi connectivity index (χ2n) is 5.64. The molecule has 2 rings (SSSR count). The van der Waals surface area contributed by atoms with Gasteiger partial charge in [0, 0.05) is 25.4 Å². The van der Waals surface area contributed by atoms with Gasteiger partial charge in [-0.1, -0.05) is 6.92 Å². The average Bonchev–Trinajstić information content (AvgIpc) is 2.54. The molecule has 24 heavy (non-hydrogen) atoms. The number of hydrogen-bond acceptors (Lipinski definition) is 5. The first kappa shape index (κ1) is 20.9. The molecule has 1 fully saturated rings. The van der Waals surface area contributed by atoms with E-state index in [0.29, 0.717) is 38.3 Å². The number of halogens is 1. The Morgan fingerprint density at radius 2 is 1.83 bits per heavy atom. The van der Waals surface area contributed by atoms with E-state index in [9.17, 15) is 13.2 Å². The number of nitrogens with one attached hydrogen (secondary N) is 2. The summed E-state index contributed by atoms with van der Waals surface area (Å²) in [6, 6.07) is 6.03. The second-order valence-corrected chi connectivity index (χ2v) is 7.41. The molecule has 0 atom stereocenters. The van der Waals surface area contributed by atoms with Gasteiger partial charge in [-0.2, -0.15) is 0 Å². The molecular formula is C15H24ClN3O4S. The number of hydrogen-bond donors (Lipinski definition) is 3. The van der Waals surface area contributed by atoms with Crippen molar-refractivity contribution in [1.82, 2.24) is 4.72 Å². The van der Waals surface area contributed by atoms with Crippen LogP contribution in [0, 0.1) is 0 Å². The predicted molar refractivity (Wildman–Crippen MR) is 94.8 cm³/mol. The molecule has 0 radical (unpaired) electrons. The maximum atomic E-state index is 12.3. The highest BCUT2D eigenvalue weighted by molar-refractivity contribution is 7.89. The maximum Gasteiger partial charge on any atom is 0.244 e. The molecule has 1 aromatic carbocycles. The fourth-order valence-corrected chi connectivity index (χ4v) is 3.39. The first-order valence-electron chi connectivity index (χ1n) is 7.65. The van der Waals surface area contributed by atoms with Gasteiger partial charge in [-0.05, 0) is 43.5 Å². The third-order valence-corrected chi connectivity index (χ3v) is 5.28. The Balaban J connectivity index is 0.00000288. The molecule has 0 unspecified atom stereocenters. The van der Waals surface area contributed by atoms with Gasteiger partial charge in [-0.15, -0.1) is 12.4 Å². The average molecular weight is 378 g/mol. The molecular weight excluding hydrogens is 354 g/mol. The molecule has 136 valence electrons. The normalized spacial score (nSPS) is 16.9. The summed E-state index contributed by atoms with van der Waals surface area (Å²) >= 11 is 0. The lowest BCUT2D eigenvalue weighted by Crippen LogP contribution is -2.54. The van der Waals surface area contributed by atoms with Gasteiger partial charge >= 0.3 is 0 Å². The van der Waals surface area contributed by atoms with Crippen LogP contribution in [0.25, 0.3) is 0 Å². The summed E-state index contributed by atoms with van der Waals surface area (Å²) in [7, 11) is -3.50. The Kier molecular flexibility index (Phi) is 7.62.